The molecular weight excluding hydrogens is 216 g/mol. The summed E-state index contributed by atoms with van der Waals surface area (Å²) in [5.41, 5.74) is 0. The van der Waals surface area contributed by atoms with Gasteiger partial charge in [-0.05, 0) is 31.3 Å². The molecule has 2 unspecified atom stereocenters. The van der Waals surface area contributed by atoms with Crippen LogP contribution in [0, 0.1) is 11.8 Å². The zero-order valence-corrected chi connectivity index (χ0v) is 9.72. The molecule has 5 nitrogen and oxygen atoms in total. The number of sulfonamides is 1. The third-order valence-corrected chi connectivity index (χ3v) is 4.63. The molecular formula is C9H18N2O3S. The first-order valence-corrected chi connectivity index (χ1v) is 6.99. The van der Waals surface area contributed by atoms with Gasteiger partial charge in [-0.25, -0.2) is 13.1 Å². The Hall–Kier alpha value is -0.170. The fourth-order valence-corrected chi connectivity index (χ4v) is 3.63. The van der Waals surface area contributed by atoms with E-state index in [2.05, 4.69) is 10.0 Å². The summed E-state index contributed by atoms with van der Waals surface area (Å²) < 4.78 is 30.8. The Morgan fingerprint density at radius 1 is 1.40 bits per heavy atom. The minimum absolute atomic E-state index is 0.171. The highest BCUT2D eigenvalue weighted by atomic mass is 32.2. The standard InChI is InChI=1S/C9H18N2O3S/c1-14-3-2-4-15(12,13)11-9-7-5-10-6-8(7)9/h7-11H,2-6H2,1H3. The van der Waals surface area contributed by atoms with Crippen molar-refractivity contribution in [2.24, 2.45) is 11.8 Å². The van der Waals surface area contributed by atoms with E-state index in [1.807, 2.05) is 0 Å². The second kappa shape index (κ2) is 4.37. The van der Waals surface area contributed by atoms with E-state index in [1.54, 1.807) is 7.11 Å². The highest BCUT2D eigenvalue weighted by Crippen LogP contribution is 2.41. The molecule has 0 spiro atoms. The molecule has 0 aromatic rings. The largest absolute Gasteiger partial charge is 0.385 e. The SMILES string of the molecule is COCCCS(=O)(=O)NC1C2CNCC21. The molecule has 0 aromatic heterocycles. The van der Waals surface area contributed by atoms with Crippen molar-refractivity contribution in [3.63, 3.8) is 0 Å². The minimum Gasteiger partial charge on any atom is -0.385 e. The van der Waals surface area contributed by atoms with Gasteiger partial charge in [0.1, 0.15) is 0 Å². The molecule has 6 heteroatoms. The van der Waals surface area contributed by atoms with Gasteiger partial charge in [0.15, 0.2) is 0 Å². The highest BCUT2D eigenvalue weighted by molar-refractivity contribution is 7.89. The Morgan fingerprint density at radius 2 is 2.07 bits per heavy atom. The van der Waals surface area contributed by atoms with Gasteiger partial charge in [0, 0.05) is 19.8 Å². The molecule has 1 aliphatic carbocycles. The second-order valence-corrected chi connectivity index (χ2v) is 6.17. The molecule has 0 aromatic carbocycles. The molecule has 2 atom stereocenters. The van der Waals surface area contributed by atoms with Crippen LogP contribution in [0.5, 0.6) is 0 Å². The van der Waals surface area contributed by atoms with Crippen molar-refractivity contribution in [3.05, 3.63) is 0 Å². The maximum atomic E-state index is 11.6. The molecule has 0 radical (unpaired) electrons. The summed E-state index contributed by atoms with van der Waals surface area (Å²) in [6.45, 7) is 2.41. The lowest BCUT2D eigenvalue weighted by atomic mass is 10.4. The van der Waals surface area contributed by atoms with Gasteiger partial charge in [-0.15, -0.1) is 0 Å². The van der Waals surface area contributed by atoms with Crippen LogP contribution in [0.3, 0.4) is 0 Å². The van der Waals surface area contributed by atoms with Crippen molar-refractivity contribution in [2.45, 2.75) is 12.5 Å². The lowest BCUT2D eigenvalue weighted by molar-refractivity contribution is 0.199. The number of fused-ring (bicyclic) bond motifs is 1. The van der Waals surface area contributed by atoms with E-state index in [0.717, 1.165) is 13.1 Å². The van der Waals surface area contributed by atoms with E-state index in [1.165, 1.54) is 0 Å². The van der Waals surface area contributed by atoms with Gasteiger partial charge in [-0.3, -0.25) is 0 Å². The van der Waals surface area contributed by atoms with Crippen molar-refractivity contribution in [3.8, 4) is 0 Å². The molecule has 2 rings (SSSR count). The van der Waals surface area contributed by atoms with Crippen LogP contribution in [0.15, 0.2) is 0 Å². The van der Waals surface area contributed by atoms with Crippen LogP contribution in [0.2, 0.25) is 0 Å². The zero-order valence-electron chi connectivity index (χ0n) is 8.90. The first-order valence-electron chi connectivity index (χ1n) is 5.34. The topological polar surface area (TPSA) is 67.4 Å². The summed E-state index contributed by atoms with van der Waals surface area (Å²) in [4.78, 5) is 0. The molecule has 2 N–H and O–H groups in total. The molecule has 1 saturated carbocycles. The Balaban J connectivity index is 1.74. The van der Waals surface area contributed by atoms with Crippen molar-refractivity contribution < 1.29 is 13.2 Å². The van der Waals surface area contributed by atoms with Crippen LogP contribution in [0.25, 0.3) is 0 Å². The fraction of sp³-hybridized carbons (Fsp3) is 1.00. The predicted octanol–water partition coefficient (Wildman–Crippen LogP) is -0.840. The normalized spacial score (nSPS) is 34.1. The average Bonchev–Trinajstić information content (AvgIpc) is 2.64. The van der Waals surface area contributed by atoms with Gasteiger partial charge in [-0.2, -0.15) is 0 Å². The van der Waals surface area contributed by atoms with E-state index < -0.39 is 10.0 Å². The van der Waals surface area contributed by atoms with Crippen molar-refractivity contribution >= 4 is 10.0 Å². The summed E-state index contributed by atoms with van der Waals surface area (Å²) in [5, 5.41) is 3.23. The summed E-state index contributed by atoms with van der Waals surface area (Å²) in [5.74, 6) is 1.23. The van der Waals surface area contributed by atoms with E-state index in [-0.39, 0.29) is 11.8 Å². The lowest BCUT2D eigenvalue weighted by Crippen LogP contribution is -2.34. The molecule has 2 aliphatic rings. The number of nitrogens with one attached hydrogen (secondary N) is 2. The van der Waals surface area contributed by atoms with Crippen LogP contribution >= 0.6 is 0 Å². The number of ether oxygens (including phenoxy) is 1. The quantitative estimate of drug-likeness (QED) is 0.588. The van der Waals surface area contributed by atoms with Gasteiger partial charge < -0.3 is 10.1 Å². The number of methoxy groups -OCH3 is 1. The van der Waals surface area contributed by atoms with Crippen LogP contribution in [-0.4, -0.2) is 47.0 Å². The number of hydrogen-bond donors (Lipinski definition) is 2. The van der Waals surface area contributed by atoms with Gasteiger partial charge in [0.05, 0.1) is 5.75 Å². The van der Waals surface area contributed by atoms with E-state index in [4.69, 9.17) is 4.74 Å². The molecule has 2 fully saturated rings. The van der Waals surface area contributed by atoms with Crippen molar-refractivity contribution in [1.82, 2.24) is 10.0 Å². The van der Waals surface area contributed by atoms with Crippen molar-refractivity contribution in [2.75, 3.05) is 32.6 Å². The van der Waals surface area contributed by atoms with E-state index in [9.17, 15) is 8.42 Å². The summed E-state index contributed by atoms with van der Waals surface area (Å²) in [6.07, 6.45) is 0.562. The van der Waals surface area contributed by atoms with Crippen LogP contribution in [0.1, 0.15) is 6.42 Å². The molecule has 88 valence electrons. The third kappa shape index (κ3) is 2.69. The monoisotopic (exact) mass is 234 g/mol. The van der Waals surface area contributed by atoms with Crippen LogP contribution < -0.4 is 10.0 Å². The molecule has 0 amide bonds. The summed E-state index contributed by atoms with van der Waals surface area (Å²) >= 11 is 0. The summed E-state index contributed by atoms with van der Waals surface area (Å²) in [7, 11) is -1.51. The Labute approximate surface area is 90.6 Å². The van der Waals surface area contributed by atoms with Gasteiger partial charge >= 0.3 is 0 Å². The Bertz CT molecular complexity index is 307. The highest BCUT2D eigenvalue weighted by Gasteiger charge is 2.54. The maximum Gasteiger partial charge on any atom is 0.211 e. The van der Waals surface area contributed by atoms with Gasteiger partial charge in [0.2, 0.25) is 10.0 Å². The van der Waals surface area contributed by atoms with Crippen molar-refractivity contribution in [1.29, 1.82) is 0 Å². The average molecular weight is 234 g/mol. The fourth-order valence-electron chi connectivity index (χ4n) is 2.25. The maximum absolute atomic E-state index is 11.6. The molecule has 1 saturated heterocycles. The zero-order chi connectivity index (χ0) is 10.9. The molecule has 15 heavy (non-hydrogen) atoms. The Kier molecular flexibility index (Phi) is 3.30. The van der Waals surface area contributed by atoms with Crippen LogP contribution in [0.4, 0.5) is 0 Å². The number of rotatable bonds is 6. The second-order valence-electron chi connectivity index (χ2n) is 4.29. The lowest BCUT2D eigenvalue weighted by Gasteiger charge is -2.08. The predicted molar refractivity (Wildman–Crippen MR) is 57.1 cm³/mol. The van der Waals surface area contributed by atoms with Gasteiger partial charge in [0.25, 0.3) is 0 Å². The number of hydrogen-bond acceptors (Lipinski definition) is 4. The number of piperidine rings is 1. The first-order chi connectivity index (χ1) is 7.14. The van der Waals surface area contributed by atoms with Crippen LogP contribution in [-0.2, 0) is 14.8 Å². The molecule has 1 aliphatic heterocycles. The molecule has 0 bridgehead atoms. The first kappa shape index (κ1) is 11.3. The smallest absolute Gasteiger partial charge is 0.211 e. The summed E-state index contributed by atoms with van der Waals surface area (Å²) in [6, 6.07) is 0.193. The van der Waals surface area contributed by atoms with E-state index >= 15 is 0 Å². The molecule has 1 heterocycles. The van der Waals surface area contributed by atoms with Gasteiger partial charge in [-0.1, -0.05) is 0 Å². The Morgan fingerprint density at radius 3 is 2.67 bits per heavy atom. The minimum atomic E-state index is -3.09. The van der Waals surface area contributed by atoms with E-state index in [0.29, 0.717) is 24.9 Å². The third-order valence-electron chi connectivity index (χ3n) is 3.17.